The Labute approximate surface area is 130 Å². The van der Waals surface area contributed by atoms with Crippen molar-refractivity contribution in [2.45, 2.75) is 51.4 Å². The molecule has 4 heteroatoms. The minimum atomic E-state index is 0.944. The van der Waals surface area contributed by atoms with Crippen molar-refractivity contribution in [3.63, 3.8) is 0 Å². The smallest absolute Gasteiger partial charge is 0.0905 e. The van der Waals surface area contributed by atoms with Gasteiger partial charge in [0.05, 0.1) is 6.07 Å². The highest BCUT2D eigenvalue weighted by molar-refractivity contribution is 7.80. The molecule has 2 nitrogen and oxygen atoms in total. The van der Waals surface area contributed by atoms with Gasteiger partial charge in [-0.1, -0.05) is 32.3 Å². The summed E-state index contributed by atoms with van der Waals surface area (Å²) in [6, 6.07) is 1.69. The second kappa shape index (κ2) is 23.0. The molecule has 0 saturated heterocycles. The molecule has 112 valence electrons. The molecule has 0 bridgehead atoms. The van der Waals surface area contributed by atoms with Crippen LogP contribution < -0.4 is 0 Å². The van der Waals surface area contributed by atoms with E-state index in [1.54, 1.807) is 6.07 Å². The Hall–Kier alpha value is -0.110. The van der Waals surface area contributed by atoms with Crippen molar-refractivity contribution >= 4 is 25.3 Å². The van der Waals surface area contributed by atoms with E-state index in [1.165, 1.54) is 57.4 Å². The van der Waals surface area contributed by atoms with E-state index in [9.17, 15) is 0 Å². The zero-order chi connectivity index (χ0) is 14.6. The summed E-state index contributed by atoms with van der Waals surface area (Å²) in [5.41, 5.74) is 0. The molecule has 0 radical (unpaired) electrons. The van der Waals surface area contributed by atoms with Crippen molar-refractivity contribution in [2.75, 3.05) is 24.7 Å². The highest BCUT2D eigenvalue weighted by Gasteiger charge is 1.91. The molecule has 0 aliphatic rings. The molecule has 0 rings (SSSR count). The number of nitriles is 1. The lowest BCUT2D eigenvalue weighted by Crippen LogP contribution is -1.97. The van der Waals surface area contributed by atoms with Crippen molar-refractivity contribution in [2.24, 2.45) is 0 Å². The van der Waals surface area contributed by atoms with E-state index < -0.39 is 0 Å². The van der Waals surface area contributed by atoms with Gasteiger partial charge in [-0.3, -0.25) is 0 Å². The topological polar surface area (TPSA) is 33.0 Å². The van der Waals surface area contributed by atoms with Gasteiger partial charge in [0, 0.05) is 19.3 Å². The summed E-state index contributed by atoms with van der Waals surface area (Å²) >= 11 is 8.37. The van der Waals surface area contributed by atoms with E-state index >= 15 is 0 Å². The molecule has 0 fully saturated rings. The molecule has 0 atom stereocenters. The first-order chi connectivity index (χ1) is 9.33. The monoisotopic (exact) mass is 303 g/mol. The third-order valence-electron chi connectivity index (χ3n) is 2.48. The van der Waals surface area contributed by atoms with Crippen molar-refractivity contribution < 1.29 is 4.74 Å². The molecule has 0 aromatic rings. The second-order valence-corrected chi connectivity index (χ2v) is 5.12. The van der Waals surface area contributed by atoms with Gasteiger partial charge in [0.1, 0.15) is 0 Å². The molecule has 0 amide bonds. The predicted octanol–water partition coefficient (Wildman–Crippen LogP) is 4.68. The lowest BCUT2D eigenvalue weighted by Gasteiger charge is -2.03. The van der Waals surface area contributed by atoms with Crippen LogP contribution in [0.5, 0.6) is 0 Å². The van der Waals surface area contributed by atoms with Gasteiger partial charge in [0.25, 0.3) is 0 Å². The fraction of sp³-hybridized carbons (Fsp3) is 0.800. The van der Waals surface area contributed by atoms with Gasteiger partial charge >= 0.3 is 0 Å². The van der Waals surface area contributed by atoms with Crippen LogP contribution in [0.2, 0.25) is 0 Å². The molecule has 0 spiro atoms. The number of hydrogen-bond acceptors (Lipinski definition) is 4. The Kier molecular flexibility index (Phi) is 25.7. The minimum absolute atomic E-state index is 0.944. The van der Waals surface area contributed by atoms with Gasteiger partial charge in [-0.25, -0.2) is 0 Å². The van der Waals surface area contributed by atoms with Crippen LogP contribution in [-0.2, 0) is 4.74 Å². The van der Waals surface area contributed by atoms with Gasteiger partial charge in [0.15, 0.2) is 0 Å². The Morgan fingerprint density at radius 3 is 1.53 bits per heavy atom. The van der Waals surface area contributed by atoms with Crippen LogP contribution in [0.25, 0.3) is 0 Å². The van der Waals surface area contributed by atoms with E-state index in [4.69, 9.17) is 10.00 Å². The first-order valence-electron chi connectivity index (χ1n) is 7.13. The SMILES string of the molecule is C=CC#N.SCCCCCCOCCCCCCS. The van der Waals surface area contributed by atoms with Crippen LogP contribution in [0, 0.1) is 11.3 Å². The summed E-state index contributed by atoms with van der Waals surface area (Å²) in [6.45, 7) is 5.01. The van der Waals surface area contributed by atoms with Crippen LogP contribution in [0.3, 0.4) is 0 Å². The zero-order valence-electron chi connectivity index (χ0n) is 12.0. The molecule has 0 unspecified atom stereocenters. The number of ether oxygens (including phenoxy) is 1. The van der Waals surface area contributed by atoms with E-state index in [1.807, 2.05) is 0 Å². The van der Waals surface area contributed by atoms with Crippen molar-refractivity contribution in [3.05, 3.63) is 12.7 Å². The lowest BCUT2D eigenvalue weighted by molar-refractivity contribution is 0.126. The number of unbranched alkanes of at least 4 members (excludes halogenated alkanes) is 6. The van der Waals surface area contributed by atoms with Crippen molar-refractivity contribution in [1.29, 1.82) is 5.26 Å². The predicted molar refractivity (Wildman–Crippen MR) is 91.3 cm³/mol. The summed E-state index contributed by atoms with van der Waals surface area (Å²) in [5.74, 6) is 2.04. The van der Waals surface area contributed by atoms with Gasteiger partial charge in [0.2, 0.25) is 0 Å². The molecule has 19 heavy (non-hydrogen) atoms. The standard InChI is InChI=1S/C12H26OS2.C3H3N/c14-11-7-3-1-5-9-13-10-6-2-4-8-12-15;1-2-3-4/h14-15H,1-12H2;2H,1H2. The number of thiol groups is 2. The maximum absolute atomic E-state index is 7.51. The van der Waals surface area contributed by atoms with E-state index in [-0.39, 0.29) is 0 Å². The fourth-order valence-corrected chi connectivity index (χ4v) is 1.89. The first-order valence-corrected chi connectivity index (χ1v) is 8.40. The molecular weight excluding hydrogens is 274 g/mol. The Morgan fingerprint density at radius 1 is 0.842 bits per heavy atom. The Balaban J connectivity index is 0. The number of rotatable bonds is 12. The lowest BCUT2D eigenvalue weighted by atomic mass is 10.2. The molecule has 0 aliphatic carbocycles. The number of hydrogen-bond donors (Lipinski definition) is 2. The third kappa shape index (κ3) is 27.2. The quantitative estimate of drug-likeness (QED) is 0.312. The summed E-state index contributed by atoms with van der Waals surface area (Å²) < 4.78 is 5.56. The summed E-state index contributed by atoms with van der Waals surface area (Å²) in [6.07, 6.45) is 11.3. The third-order valence-corrected chi connectivity index (χ3v) is 3.12. The normalized spacial score (nSPS) is 9.32. The highest BCUT2D eigenvalue weighted by Crippen LogP contribution is 2.03. The Bertz CT molecular complexity index is 193. The maximum Gasteiger partial charge on any atom is 0.0905 e. The van der Waals surface area contributed by atoms with Crippen LogP contribution in [0.1, 0.15) is 51.4 Å². The minimum Gasteiger partial charge on any atom is -0.381 e. The molecule has 0 aliphatic heterocycles. The van der Waals surface area contributed by atoms with Crippen molar-refractivity contribution in [1.82, 2.24) is 0 Å². The van der Waals surface area contributed by atoms with Crippen LogP contribution in [0.4, 0.5) is 0 Å². The van der Waals surface area contributed by atoms with E-state index in [0.29, 0.717) is 0 Å². The molecule has 0 saturated carbocycles. The second-order valence-electron chi connectivity index (χ2n) is 4.22. The molecule has 0 heterocycles. The summed E-state index contributed by atoms with van der Waals surface area (Å²) in [7, 11) is 0. The zero-order valence-corrected chi connectivity index (χ0v) is 13.8. The largest absolute Gasteiger partial charge is 0.381 e. The van der Waals surface area contributed by atoms with Gasteiger partial charge in [-0.2, -0.15) is 30.5 Å². The fourth-order valence-electron chi connectivity index (χ4n) is 1.44. The van der Waals surface area contributed by atoms with Gasteiger partial charge in [-0.15, -0.1) is 0 Å². The van der Waals surface area contributed by atoms with Gasteiger partial charge in [-0.05, 0) is 37.2 Å². The highest BCUT2D eigenvalue weighted by atomic mass is 32.1. The number of allylic oxidation sites excluding steroid dienone is 1. The molecule has 0 aromatic carbocycles. The summed E-state index contributed by atoms with van der Waals surface area (Å²) in [4.78, 5) is 0. The molecule has 0 aromatic heterocycles. The molecular formula is C15H29NOS2. The van der Waals surface area contributed by atoms with E-state index in [2.05, 4.69) is 31.8 Å². The van der Waals surface area contributed by atoms with E-state index in [0.717, 1.165) is 24.7 Å². The van der Waals surface area contributed by atoms with Crippen LogP contribution >= 0.6 is 25.3 Å². The van der Waals surface area contributed by atoms with Crippen molar-refractivity contribution in [3.8, 4) is 6.07 Å². The first kappa shape index (κ1) is 21.2. The van der Waals surface area contributed by atoms with Crippen LogP contribution in [-0.4, -0.2) is 24.7 Å². The maximum atomic E-state index is 7.51. The average Bonchev–Trinajstić information content (AvgIpc) is 2.45. The average molecular weight is 304 g/mol. The van der Waals surface area contributed by atoms with Crippen LogP contribution in [0.15, 0.2) is 12.7 Å². The Morgan fingerprint density at radius 2 is 1.21 bits per heavy atom. The molecule has 0 N–H and O–H groups in total. The van der Waals surface area contributed by atoms with Gasteiger partial charge < -0.3 is 4.74 Å². The number of nitrogens with zero attached hydrogens (tertiary/aromatic N) is 1. The summed E-state index contributed by atoms with van der Waals surface area (Å²) in [5, 5.41) is 7.51.